The molecule has 7 nitrogen and oxygen atoms in total. The van der Waals surface area contributed by atoms with E-state index >= 15 is 0 Å². The Kier molecular flexibility index (Phi) is 7.38. The summed E-state index contributed by atoms with van der Waals surface area (Å²) < 4.78 is 33.2. The lowest BCUT2D eigenvalue weighted by Crippen LogP contribution is -2.49. The van der Waals surface area contributed by atoms with Gasteiger partial charge in [-0.25, -0.2) is 13.2 Å². The van der Waals surface area contributed by atoms with Crippen molar-refractivity contribution in [3.63, 3.8) is 0 Å². The van der Waals surface area contributed by atoms with E-state index in [0.29, 0.717) is 12.1 Å². The van der Waals surface area contributed by atoms with Gasteiger partial charge in [-0.05, 0) is 42.2 Å². The second-order valence-electron chi connectivity index (χ2n) is 9.98. The number of methoxy groups -OCH3 is 1. The number of carbonyl (C=O) groups excluding carboxylic acids is 2. The van der Waals surface area contributed by atoms with E-state index in [9.17, 15) is 18.0 Å². The first-order valence-electron chi connectivity index (χ1n) is 11.1. The number of rotatable bonds is 5. The molecule has 1 aliphatic heterocycles. The van der Waals surface area contributed by atoms with Gasteiger partial charge in [0.2, 0.25) is 0 Å². The van der Waals surface area contributed by atoms with Crippen LogP contribution in [0, 0.1) is 5.41 Å². The number of nitrogens with one attached hydrogen (secondary N) is 1. The molecule has 3 rings (SSSR count). The SMILES string of the molecule is COC(=O)[C@@H](NC(=O)c1ccc2c(c1)N(S(=O)(=O)c1ccccc1)CCC(C)(C)S2)C(C)(C)C. The van der Waals surface area contributed by atoms with Gasteiger partial charge in [0.05, 0.1) is 17.7 Å². The molecule has 34 heavy (non-hydrogen) atoms. The molecule has 0 aromatic heterocycles. The van der Waals surface area contributed by atoms with Gasteiger partial charge in [-0.3, -0.25) is 9.10 Å². The zero-order chi connectivity index (χ0) is 25.3. The number of anilines is 1. The molecule has 1 N–H and O–H groups in total. The molecule has 0 radical (unpaired) electrons. The number of amides is 1. The highest BCUT2D eigenvalue weighted by Gasteiger charge is 2.36. The van der Waals surface area contributed by atoms with Crippen LogP contribution in [0.25, 0.3) is 0 Å². The molecule has 0 aliphatic carbocycles. The molecule has 0 spiro atoms. The van der Waals surface area contributed by atoms with E-state index in [1.165, 1.54) is 11.4 Å². The van der Waals surface area contributed by atoms with Gasteiger partial charge in [0, 0.05) is 21.8 Å². The molecule has 184 valence electrons. The zero-order valence-corrected chi connectivity index (χ0v) is 22.0. The maximum absolute atomic E-state index is 13.6. The van der Waals surface area contributed by atoms with Crippen molar-refractivity contribution in [1.82, 2.24) is 5.32 Å². The number of carbonyl (C=O) groups is 2. The topological polar surface area (TPSA) is 92.8 Å². The molecule has 1 heterocycles. The van der Waals surface area contributed by atoms with Crippen molar-refractivity contribution in [2.24, 2.45) is 5.41 Å². The zero-order valence-electron chi connectivity index (χ0n) is 20.4. The average Bonchev–Trinajstić information content (AvgIpc) is 2.91. The van der Waals surface area contributed by atoms with E-state index < -0.39 is 33.4 Å². The summed E-state index contributed by atoms with van der Waals surface area (Å²) in [5.74, 6) is -1.01. The lowest BCUT2D eigenvalue weighted by atomic mass is 9.86. The maximum Gasteiger partial charge on any atom is 0.328 e. The summed E-state index contributed by atoms with van der Waals surface area (Å²) in [6.45, 7) is 9.93. The first kappa shape index (κ1) is 26.1. The molecule has 0 saturated carbocycles. The van der Waals surface area contributed by atoms with E-state index in [1.54, 1.807) is 60.3 Å². The summed E-state index contributed by atoms with van der Waals surface area (Å²) in [5, 5.41) is 2.76. The van der Waals surface area contributed by atoms with Crippen molar-refractivity contribution in [3.05, 3.63) is 54.1 Å². The van der Waals surface area contributed by atoms with E-state index in [0.717, 1.165) is 4.90 Å². The first-order valence-corrected chi connectivity index (χ1v) is 13.3. The Hall–Kier alpha value is -2.52. The van der Waals surface area contributed by atoms with Crippen molar-refractivity contribution >= 4 is 39.3 Å². The number of esters is 1. The third kappa shape index (κ3) is 5.58. The molecule has 1 amide bonds. The second kappa shape index (κ2) is 9.62. The Morgan fingerprint density at radius 2 is 1.76 bits per heavy atom. The second-order valence-corrected chi connectivity index (χ2v) is 13.6. The van der Waals surface area contributed by atoms with Crippen LogP contribution in [-0.4, -0.2) is 44.7 Å². The van der Waals surface area contributed by atoms with Crippen molar-refractivity contribution in [2.45, 2.75) is 61.6 Å². The normalized spacial score (nSPS) is 16.7. The van der Waals surface area contributed by atoms with Crippen LogP contribution in [0.3, 0.4) is 0 Å². The average molecular weight is 505 g/mol. The van der Waals surface area contributed by atoms with Gasteiger partial charge in [-0.15, -0.1) is 11.8 Å². The van der Waals surface area contributed by atoms with Crippen LogP contribution < -0.4 is 9.62 Å². The molecule has 2 aromatic rings. The van der Waals surface area contributed by atoms with E-state index in [2.05, 4.69) is 19.2 Å². The number of hydrogen-bond donors (Lipinski definition) is 1. The predicted molar refractivity (Wildman–Crippen MR) is 135 cm³/mol. The largest absolute Gasteiger partial charge is 0.467 e. The van der Waals surface area contributed by atoms with Gasteiger partial charge >= 0.3 is 5.97 Å². The highest BCUT2D eigenvalue weighted by atomic mass is 32.2. The van der Waals surface area contributed by atoms with Crippen molar-refractivity contribution in [3.8, 4) is 0 Å². The summed E-state index contributed by atoms with van der Waals surface area (Å²) in [5.41, 5.74) is 0.153. The highest BCUT2D eigenvalue weighted by Crippen LogP contribution is 2.45. The van der Waals surface area contributed by atoms with Gasteiger partial charge in [-0.1, -0.05) is 52.8 Å². The maximum atomic E-state index is 13.6. The third-order valence-electron chi connectivity index (χ3n) is 5.70. The third-order valence-corrected chi connectivity index (χ3v) is 8.85. The summed E-state index contributed by atoms with van der Waals surface area (Å²) in [4.78, 5) is 26.4. The fourth-order valence-corrected chi connectivity index (χ4v) is 6.46. The van der Waals surface area contributed by atoms with Crippen LogP contribution in [0.4, 0.5) is 5.69 Å². The predicted octanol–water partition coefficient (Wildman–Crippen LogP) is 4.47. The van der Waals surface area contributed by atoms with Gasteiger partial charge in [-0.2, -0.15) is 0 Å². The molecule has 2 aromatic carbocycles. The number of fused-ring (bicyclic) bond motifs is 1. The first-order chi connectivity index (χ1) is 15.8. The molecule has 1 aliphatic rings. The van der Waals surface area contributed by atoms with Crippen LogP contribution in [0.5, 0.6) is 0 Å². The van der Waals surface area contributed by atoms with Gasteiger partial charge in [0.15, 0.2) is 0 Å². The van der Waals surface area contributed by atoms with E-state index in [4.69, 9.17) is 4.74 Å². The fraction of sp³-hybridized carbons (Fsp3) is 0.440. The molecule has 0 unspecified atom stereocenters. The van der Waals surface area contributed by atoms with Gasteiger partial charge in [0.1, 0.15) is 6.04 Å². The van der Waals surface area contributed by atoms with Crippen LogP contribution in [-0.2, 0) is 19.6 Å². The minimum atomic E-state index is -3.84. The van der Waals surface area contributed by atoms with Crippen LogP contribution in [0.1, 0.15) is 51.4 Å². The van der Waals surface area contributed by atoms with Crippen molar-refractivity contribution < 1.29 is 22.7 Å². The Bertz CT molecular complexity index is 1170. The summed E-state index contributed by atoms with van der Waals surface area (Å²) >= 11 is 1.59. The fourth-order valence-electron chi connectivity index (χ4n) is 3.71. The smallest absolute Gasteiger partial charge is 0.328 e. The van der Waals surface area contributed by atoms with E-state index in [1.807, 2.05) is 20.8 Å². The summed E-state index contributed by atoms with van der Waals surface area (Å²) in [6.07, 6.45) is 0.633. The van der Waals surface area contributed by atoms with Crippen molar-refractivity contribution in [2.75, 3.05) is 18.0 Å². The monoisotopic (exact) mass is 504 g/mol. The minimum absolute atomic E-state index is 0.193. The lowest BCUT2D eigenvalue weighted by Gasteiger charge is -2.29. The number of nitrogens with zero attached hydrogens (tertiary/aromatic N) is 1. The van der Waals surface area contributed by atoms with Crippen molar-refractivity contribution in [1.29, 1.82) is 0 Å². The van der Waals surface area contributed by atoms with Crippen LogP contribution >= 0.6 is 11.8 Å². The molecular weight excluding hydrogens is 472 g/mol. The van der Waals surface area contributed by atoms with Crippen LogP contribution in [0.2, 0.25) is 0 Å². The Morgan fingerprint density at radius 3 is 2.35 bits per heavy atom. The quantitative estimate of drug-likeness (QED) is 0.604. The number of benzene rings is 2. The standard InChI is InChI=1S/C25H32N2O5S2/c1-24(2,3)21(23(29)32-6)26-22(28)17-12-13-20-19(16-17)27(15-14-25(4,5)33-20)34(30,31)18-10-8-7-9-11-18/h7-13,16,21H,14-15H2,1-6H3,(H,26,28)/t21-/m1/s1. The number of hydrogen-bond acceptors (Lipinski definition) is 6. The Morgan fingerprint density at radius 1 is 1.12 bits per heavy atom. The molecule has 9 heteroatoms. The van der Waals surface area contributed by atoms with E-state index in [-0.39, 0.29) is 21.8 Å². The summed E-state index contributed by atoms with van der Waals surface area (Å²) in [7, 11) is -2.56. The Labute approximate surface area is 206 Å². The molecule has 0 saturated heterocycles. The number of ether oxygens (including phenoxy) is 1. The highest BCUT2D eigenvalue weighted by molar-refractivity contribution is 8.01. The minimum Gasteiger partial charge on any atom is -0.467 e. The molecular formula is C25H32N2O5S2. The van der Waals surface area contributed by atoms with Gasteiger partial charge < -0.3 is 10.1 Å². The molecule has 1 atom stereocenters. The molecule has 0 fully saturated rings. The number of thioether (sulfide) groups is 1. The van der Waals surface area contributed by atoms with Gasteiger partial charge in [0.25, 0.3) is 15.9 Å². The van der Waals surface area contributed by atoms with Crippen LogP contribution in [0.15, 0.2) is 58.3 Å². The number of sulfonamides is 1. The summed E-state index contributed by atoms with van der Waals surface area (Å²) in [6, 6.07) is 12.5. The Balaban J connectivity index is 2.06. The molecule has 0 bridgehead atoms. The lowest BCUT2D eigenvalue weighted by molar-refractivity contribution is -0.145.